The van der Waals surface area contributed by atoms with Crippen LogP contribution in [0.15, 0.2) is 72.4 Å². The average molecular weight is 406 g/mol. The lowest BCUT2D eigenvalue weighted by Gasteiger charge is -2.19. The fraction of sp³-hybridized carbons (Fsp3) is 0.136. The van der Waals surface area contributed by atoms with Crippen LogP contribution in [0.5, 0.6) is 0 Å². The van der Waals surface area contributed by atoms with Crippen molar-refractivity contribution in [2.75, 3.05) is 4.90 Å². The molecule has 0 saturated heterocycles. The van der Waals surface area contributed by atoms with Crippen LogP contribution < -0.4 is 4.90 Å². The highest BCUT2D eigenvalue weighted by molar-refractivity contribution is 7.14. The van der Waals surface area contributed by atoms with Crippen molar-refractivity contribution in [3.63, 3.8) is 0 Å². The highest BCUT2D eigenvalue weighted by Crippen LogP contribution is 2.29. The normalized spacial score (nSPS) is 10.8. The molecule has 0 radical (unpaired) electrons. The van der Waals surface area contributed by atoms with Gasteiger partial charge >= 0.3 is 0 Å². The quantitative estimate of drug-likeness (QED) is 0.452. The molecule has 0 N–H and O–H groups in total. The summed E-state index contributed by atoms with van der Waals surface area (Å²) in [6, 6.07) is 16.0. The van der Waals surface area contributed by atoms with Crippen LogP contribution in [0.1, 0.15) is 22.8 Å². The lowest BCUT2D eigenvalue weighted by molar-refractivity contribution is 0.0985. The highest BCUT2D eigenvalue weighted by Gasteiger charge is 2.23. The standard InChI is InChI=1S/C22H19FN4OS/c1-2-26-14-18(12-24-26)21(28)27(13-16-6-4-3-5-7-16)22-25-20(15-29-22)17-8-10-19(23)11-9-17/h3-12,14-15H,2,13H2,1H3. The number of benzene rings is 2. The largest absolute Gasteiger partial charge is 0.279 e. The van der Waals surface area contributed by atoms with Gasteiger partial charge in [0.2, 0.25) is 0 Å². The van der Waals surface area contributed by atoms with E-state index in [2.05, 4.69) is 10.1 Å². The average Bonchev–Trinajstić information content (AvgIpc) is 3.43. The summed E-state index contributed by atoms with van der Waals surface area (Å²) in [6.45, 7) is 3.06. The molecule has 0 atom stereocenters. The smallest absolute Gasteiger partial charge is 0.263 e. The topological polar surface area (TPSA) is 51.0 Å². The van der Waals surface area contributed by atoms with Gasteiger partial charge in [0.05, 0.1) is 24.0 Å². The van der Waals surface area contributed by atoms with Gasteiger partial charge in [-0.3, -0.25) is 14.4 Å². The van der Waals surface area contributed by atoms with E-state index in [1.165, 1.54) is 23.5 Å². The number of halogens is 1. The number of hydrogen-bond donors (Lipinski definition) is 0. The molecule has 0 spiro atoms. The fourth-order valence-electron chi connectivity index (χ4n) is 2.94. The van der Waals surface area contributed by atoms with E-state index in [-0.39, 0.29) is 11.7 Å². The first-order valence-electron chi connectivity index (χ1n) is 9.23. The Hall–Kier alpha value is -3.32. The molecule has 1 amide bonds. The van der Waals surface area contributed by atoms with Gasteiger partial charge in [0.25, 0.3) is 5.91 Å². The van der Waals surface area contributed by atoms with Gasteiger partial charge in [-0.25, -0.2) is 9.37 Å². The third-order valence-corrected chi connectivity index (χ3v) is 5.36. The molecule has 0 saturated carbocycles. The van der Waals surface area contributed by atoms with Gasteiger partial charge in [-0.05, 0) is 36.8 Å². The molecule has 29 heavy (non-hydrogen) atoms. The Morgan fingerprint density at radius 3 is 2.59 bits per heavy atom. The molecule has 0 bridgehead atoms. The summed E-state index contributed by atoms with van der Waals surface area (Å²) in [5.74, 6) is -0.452. The SMILES string of the molecule is CCn1cc(C(=O)N(Cc2ccccc2)c2nc(-c3ccc(F)cc3)cs2)cn1. The molecule has 4 rings (SSSR count). The van der Waals surface area contributed by atoms with E-state index in [9.17, 15) is 9.18 Å². The van der Waals surface area contributed by atoms with Crippen molar-refractivity contribution in [1.82, 2.24) is 14.8 Å². The van der Waals surface area contributed by atoms with Crippen LogP contribution in [0.2, 0.25) is 0 Å². The summed E-state index contributed by atoms with van der Waals surface area (Å²) in [5.41, 5.74) is 3.03. The number of nitrogens with zero attached hydrogens (tertiary/aromatic N) is 4. The van der Waals surface area contributed by atoms with E-state index >= 15 is 0 Å². The molecule has 0 unspecified atom stereocenters. The van der Waals surface area contributed by atoms with Crippen LogP contribution in [0, 0.1) is 5.82 Å². The maximum atomic E-state index is 13.3. The third-order valence-electron chi connectivity index (χ3n) is 4.50. The van der Waals surface area contributed by atoms with Crippen molar-refractivity contribution in [1.29, 1.82) is 0 Å². The highest BCUT2D eigenvalue weighted by atomic mass is 32.1. The van der Waals surface area contributed by atoms with Crippen LogP contribution in [0.25, 0.3) is 11.3 Å². The van der Waals surface area contributed by atoms with Crippen molar-refractivity contribution < 1.29 is 9.18 Å². The number of amides is 1. The summed E-state index contributed by atoms with van der Waals surface area (Å²) < 4.78 is 14.9. The third kappa shape index (κ3) is 4.25. The Kier molecular flexibility index (Phi) is 5.48. The maximum absolute atomic E-state index is 13.3. The van der Waals surface area contributed by atoms with E-state index in [1.54, 1.807) is 34.1 Å². The molecule has 0 aliphatic heterocycles. The molecule has 2 heterocycles. The van der Waals surface area contributed by atoms with E-state index in [0.29, 0.717) is 29.5 Å². The maximum Gasteiger partial charge on any atom is 0.263 e. The summed E-state index contributed by atoms with van der Waals surface area (Å²) >= 11 is 1.38. The monoisotopic (exact) mass is 406 g/mol. The summed E-state index contributed by atoms with van der Waals surface area (Å²) in [7, 11) is 0. The minimum absolute atomic E-state index is 0.159. The molecular weight excluding hydrogens is 387 g/mol. The van der Waals surface area contributed by atoms with Crippen LogP contribution in [0.4, 0.5) is 9.52 Å². The second-order valence-electron chi connectivity index (χ2n) is 6.48. The zero-order valence-corrected chi connectivity index (χ0v) is 16.6. The van der Waals surface area contributed by atoms with E-state index < -0.39 is 0 Å². The molecule has 0 fully saturated rings. The van der Waals surface area contributed by atoms with Crippen LogP contribution in [0.3, 0.4) is 0 Å². The second kappa shape index (κ2) is 8.36. The Morgan fingerprint density at radius 2 is 1.90 bits per heavy atom. The van der Waals surface area contributed by atoms with Gasteiger partial charge in [0.15, 0.2) is 5.13 Å². The molecule has 5 nitrogen and oxygen atoms in total. The number of aromatic nitrogens is 3. The fourth-order valence-corrected chi connectivity index (χ4v) is 3.77. The summed E-state index contributed by atoms with van der Waals surface area (Å²) in [4.78, 5) is 19.6. The first-order valence-corrected chi connectivity index (χ1v) is 10.1. The van der Waals surface area contributed by atoms with Crippen molar-refractivity contribution in [3.05, 3.63) is 89.3 Å². The number of carbonyl (C=O) groups excluding carboxylic acids is 1. The van der Waals surface area contributed by atoms with Gasteiger partial charge in [-0.2, -0.15) is 5.10 Å². The summed E-state index contributed by atoms with van der Waals surface area (Å²) in [6.07, 6.45) is 3.33. The number of anilines is 1. The molecule has 146 valence electrons. The number of rotatable bonds is 6. The zero-order chi connectivity index (χ0) is 20.2. The Labute approximate surface area is 172 Å². The Morgan fingerprint density at radius 1 is 1.14 bits per heavy atom. The minimum atomic E-state index is -0.293. The number of hydrogen-bond acceptors (Lipinski definition) is 4. The number of aryl methyl sites for hydroxylation is 1. The van der Waals surface area contributed by atoms with Crippen molar-refractivity contribution in [3.8, 4) is 11.3 Å². The van der Waals surface area contributed by atoms with Gasteiger partial charge in [-0.15, -0.1) is 11.3 Å². The Bertz CT molecular complexity index is 1110. The predicted octanol–water partition coefficient (Wildman–Crippen LogP) is 5.01. The molecule has 2 aromatic heterocycles. The molecular formula is C22H19FN4OS. The molecule has 2 aromatic carbocycles. The zero-order valence-electron chi connectivity index (χ0n) is 15.8. The van der Waals surface area contributed by atoms with Crippen molar-refractivity contribution in [2.24, 2.45) is 0 Å². The van der Waals surface area contributed by atoms with E-state index in [1.807, 2.05) is 42.6 Å². The minimum Gasteiger partial charge on any atom is -0.279 e. The predicted molar refractivity (Wildman–Crippen MR) is 112 cm³/mol. The second-order valence-corrected chi connectivity index (χ2v) is 7.32. The van der Waals surface area contributed by atoms with Crippen LogP contribution >= 0.6 is 11.3 Å². The van der Waals surface area contributed by atoms with Crippen molar-refractivity contribution >= 4 is 22.4 Å². The first kappa shape index (κ1) is 19.0. The van der Waals surface area contributed by atoms with Crippen molar-refractivity contribution in [2.45, 2.75) is 20.0 Å². The molecule has 4 aromatic rings. The van der Waals surface area contributed by atoms with Gasteiger partial charge in [-0.1, -0.05) is 30.3 Å². The van der Waals surface area contributed by atoms with Gasteiger partial charge in [0, 0.05) is 23.7 Å². The lowest BCUT2D eigenvalue weighted by Crippen LogP contribution is -2.30. The molecule has 0 aliphatic carbocycles. The van der Waals surface area contributed by atoms with E-state index in [4.69, 9.17) is 0 Å². The van der Waals surface area contributed by atoms with E-state index in [0.717, 1.165) is 11.1 Å². The molecule has 0 aliphatic rings. The lowest BCUT2D eigenvalue weighted by atomic mass is 10.2. The van der Waals surface area contributed by atoms with Crippen LogP contribution in [-0.2, 0) is 13.1 Å². The number of carbonyl (C=O) groups is 1. The summed E-state index contributed by atoms with van der Waals surface area (Å²) in [5, 5.41) is 6.68. The van der Waals surface area contributed by atoms with Gasteiger partial charge < -0.3 is 0 Å². The van der Waals surface area contributed by atoms with Gasteiger partial charge in [0.1, 0.15) is 5.82 Å². The van der Waals surface area contributed by atoms with Crippen LogP contribution in [-0.4, -0.2) is 20.7 Å². The molecule has 7 heteroatoms. The number of thiazole rings is 1. The Balaban J connectivity index is 1.68. The first-order chi connectivity index (χ1) is 14.1.